The van der Waals surface area contributed by atoms with Crippen LogP contribution in [0.15, 0.2) is 11.6 Å². The lowest BCUT2D eigenvalue weighted by Crippen LogP contribution is -2.70. The number of fused-ring (bicyclic) bond motifs is 7. The van der Waals surface area contributed by atoms with Crippen molar-refractivity contribution in [1.82, 2.24) is 0 Å². The van der Waals surface area contributed by atoms with Crippen molar-refractivity contribution in [3.8, 4) is 0 Å². The third kappa shape index (κ3) is 13.3. The van der Waals surface area contributed by atoms with Crippen LogP contribution in [0.25, 0.3) is 0 Å². The van der Waals surface area contributed by atoms with Gasteiger partial charge in [-0.05, 0) is 104 Å². The van der Waals surface area contributed by atoms with Gasteiger partial charge in [0.1, 0.15) is 115 Å². The van der Waals surface area contributed by atoms with Crippen LogP contribution in [0, 0.1) is 50.2 Å². The molecular weight excluding hydrogens is 1350 g/mol. The molecule has 38 atom stereocenters. The molecule has 0 aromatic heterocycles. The standard InChI is InChI=1S/C67H108O34/c1-27-44(95-53-41(80)45(33(75)21-89-53)96-57-49(83)66(86,23-70)25-91-57)47(98-58-50(84)67(87,24-71)26-92-58)43(82)54(93-27)99-48-38(77)32(74)20-90-56(48)101-59(85)65-14-12-60(2,3)16-29(65)28-8-9-36-61(4)17-30(72)51(62(5,22-69)35(61)10-11-64(36,7)63(28,6)13-15-65)100-55-42(81)46(39(78)34(18-68)94-55)97-52-40(79)37(76)31(73)19-88-52/h8,27,29-58,68-84,86-87H,9-26H2,1-7H3/t27-,29-,30-,31+,32-,33+,34+,35+,36+,37-,38-,39+,40+,41+,42+,43+,44-,45-,46-,47-,48+,49-,50-,51-,52-,53-,54-,55-,56-,57-,58-,61-,62-,63+,64+,65-,66+,67+/m0/s1. The van der Waals surface area contributed by atoms with E-state index in [0.717, 1.165) is 5.57 Å². The quantitative estimate of drug-likeness (QED) is 0.0345. The third-order valence-electron chi connectivity index (χ3n) is 26.1. The van der Waals surface area contributed by atoms with E-state index in [9.17, 15) is 97.0 Å². The van der Waals surface area contributed by atoms with E-state index in [1.165, 1.54) is 6.92 Å². The van der Waals surface area contributed by atoms with Gasteiger partial charge in [-0.25, -0.2) is 0 Å². The van der Waals surface area contributed by atoms with Crippen LogP contribution in [0.1, 0.15) is 106 Å². The van der Waals surface area contributed by atoms with Gasteiger partial charge >= 0.3 is 5.97 Å². The first kappa shape index (κ1) is 78.5. The molecule has 7 saturated heterocycles. The summed E-state index contributed by atoms with van der Waals surface area (Å²) in [5.74, 6) is -1.50. The summed E-state index contributed by atoms with van der Waals surface area (Å²) in [6, 6.07) is 0. The maximum Gasteiger partial charge on any atom is 0.315 e. The summed E-state index contributed by atoms with van der Waals surface area (Å²) in [6.45, 7) is 8.31. The molecule has 19 N–H and O–H groups in total. The van der Waals surface area contributed by atoms with Crippen molar-refractivity contribution in [2.24, 2.45) is 50.2 Å². The van der Waals surface area contributed by atoms with E-state index in [-0.39, 0.29) is 23.7 Å². The van der Waals surface area contributed by atoms with Crippen molar-refractivity contribution < 1.29 is 168 Å². The molecule has 34 nitrogen and oxygen atoms in total. The highest BCUT2D eigenvalue weighted by Gasteiger charge is 2.72. The monoisotopic (exact) mass is 1460 g/mol. The molecule has 0 spiro atoms. The molecule has 0 aromatic rings. The summed E-state index contributed by atoms with van der Waals surface area (Å²) >= 11 is 0. The lowest BCUT2D eigenvalue weighted by molar-refractivity contribution is -0.383. The van der Waals surface area contributed by atoms with Crippen molar-refractivity contribution >= 4 is 5.97 Å². The molecule has 0 bridgehead atoms. The molecule has 34 heteroatoms. The number of rotatable bonds is 18. The average molecular weight is 1460 g/mol. The lowest BCUT2D eigenvalue weighted by Gasteiger charge is -2.72. The Morgan fingerprint density at radius 2 is 1.03 bits per heavy atom. The zero-order chi connectivity index (χ0) is 73.4. The van der Waals surface area contributed by atoms with Crippen molar-refractivity contribution in [2.45, 2.75) is 290 Å². The summed E-state index contributed by atoms with van der Waals surface area (Å²) in [7, 11) is 0. The number of aliphatic hydroxyl groups excluding tert-OH is 17. The highest BCUT2D eigenvalue weighted by atomic mass is 16.8. The van der Waals surface area contributed by atoms with Crippen LogP contribution in [0.3, 0.4) is 0 Å². The fourth-order valence-corrected chi connectivity index (χ4v) is 19.7. The minimum atomic E-state index is -2.24. The minimum Gasteiger partial charge on any atom is -0.432 e. The Balaban J connectivity index is 0.771. The number of hydrogen-bond donors (Lipinski definition) is 19. The Kier molecular flexibility index (Phi) is 22.6. The lowest BCUT2D eigenvalue weighted by atomic mass is 9.33. The Bertz CT molecular complexity index is 2900. The van der Waals surface area contributed by atoms with E-state index in [1.54, 1.807) is 0 Å². The largest absolute Gasteiger partial charge is 0.432 e. The second-order valence-corrected chi connectivity index (χ2v) is 32.7. The van der Waals surface area contributed by atoms with Gasteiger partial charge in [0.25, 0.3) is 0 Å². The van der Waals surface area contributed by atoms with Crippen molar-refractivity contribution in [2.75, 3.05) is 59.5 Å². The van der Waals surface area contributed by atoms with Crippen molar-refractivity contribution in [3.05, 3.63) is 11.6 Å². The summed E-state index contributed by atoms with van der Waals surface area (Å²) < 4.78 is 83.5. The van der Waals surface area contributed by atoms with Crippen LogP contribution in [-0.2, 0) is 71.1 Å². The number of carbonyl (C=O) groups is 1. The molecule has 12 aliphatic rings. The average Bonchev–Trinajstić information content (AvgIpc) is 0.962. The molecule has 0 unspecified atom stereocenters. The molecule has 580 valence electrons. The number of hydrogen-bond acceptors (Lipinski definition) is 34. The Morgan fingerprint density at radius 1 is 0.495 bits per heavy atom. The van der Waals surface area contributed by atoms with Gasteiger partial charge < -0.3 is 163 Å². The van der Waals surface area contributed by atoms with E-state index < -0.39 is 282 Å². The Labute approximate surface area is 583 Å². The van der Waals surface area contributed by atoms with Gasteiger partial charge in [0, 0.05) is 5.41 Å². The zero-order valence-corrected chi connectivity index (χ0v) is 57.8. The molecule has 5 aliphatic carbocycles. The summed E-state index contributed by atoms with van der Waals surface area (Å²) in [4.78, 5) is 15.7. The topological polar surface area (TPSA) is 531 Å². The maximum atomic E-state index is 15.7. The maximum absolute atomic E-state index is 15.7. The van der Waals surface area contributed by atoms with Crippen LogP contribution in [0.2, 0.25) is 0 Å². The van der Waals surface area contributed by atoms with Gasteiger partial charge in [-0.2, -0.15) is 0 Å². The van der Waals surface area contributed by atoms with Gasteiger partial charge in [0.05, 0.1) is 83.2 Å². The van der Waals surface area contributed by atoms with Gasteiger partial charge in [-0.3, -0.25) is 4.79 Å². The third-order valence-corrected chi connectivity index (χ3v) is 26.1. The summed E-state index contributed by atoms with van der Waals surface area (Å²) in [6.07, 6.45) is -40.6. The zero-order valence-electron chi connectivity index (χ0n) is 57.8. The number of allylic oxidation sites excluding steroid dienone is 2. The van der Waals surface area contributed by atoms with Crippen molar-refractivity contribution in [3.63, 3.8) is 0 Å². The van der Waals surface area contributed by atoms with Crippen LogP contribution < -0.4 is 0 Å². The van der Waals surface area contributed by atoms with Crippen LogP contribution in [0.5, 0.6) is 0 Å². The molecule has 4 saturated carbocycles. The second-order valence-electron chi connectivity index (χ2n) is 32.7. The molecule has 7 heterocycles. The van der Waals surface area contributed by atoms with Crippen LogP contribution in [-0.4, -0.2) is 346 Å². The fourth-order valence-electron chi connectivity index (χ4n) is 19.7. The fraction of sp³-hybridized carbons (Fsp3) is 0.955. The number of esters is 1. The van der Waals surface area contributed by atoms with Gasteiger partial charge in [-0.1, -0.05) is 53.2 Å². The first-order valence-corrected chi connectivity index (χ1v) is 35.4. The van der Waals surface area contributed by atoms with Gasteiger partial charge in [0.15, 0.2) is 43.8 Å². The predicted molar refractivity (Wildman–Crippen MR) is 332 cm³/mol. The molecule has 0 aromatic carbocycles. The Morgan fingerprint density at radius 3 is 1.64 bits per heavy atom. The number of aliphatic hydroxyl groups is 19. The Hall–Kier alpha value is -2.07. The molecule has 101 heavy (non-hydrogen) atoms. The molecule has 11 fully saturated rings. The van der Waals surface area contributed by atoms with E-state index >= 15 is 4.79 Å². The first-order chi connectivity index (χ1) is 47.4. The van der Waals surface area contributed by atoms with E-state index in [1.807, 2.05) is 6.92 Å². The van der Waals surface area contributed by atoms with Gasteiger partial charge in [-0.15, -0.1) is 0 Å². The van der Waals surface area contributed by atoms with Crippen LogP contribution >= 0.6 is 0 Å². The summed E-state index contributed by atoms with van der Waals surface area (Å²) in [5.41, 5.74) is -7.66. The van der Waals surface area contributed by atoms with Gasteiger partial charge in [0.2, 0.25) is 6.29 Å². The van der Waals surface area contributed by atoms with E-state index in [2.05, 4.69) is 40.7 Å². The predicted octanol–water partition coefficient (Wildman–Crippen LogP) is -6.39. The number of carbonyl (C=O) groups excluding carboxylic acids is 1. The first-order valence-electron chi connectivity index (χ1n) is 35.4. The van der Waals surface area contributed by atoms with E-state index in [0.29, 0.717) is 51.4 Å². The van der Waals surface area contributed by atoms with Crippen molar-refractivity contribution in [1.29, 1.82) is 0 Å². The number of ether oxygens (including phenoxy) is 14. The second kappa shape index (κ2) is 29.1. The normalized spacial score (nSPS) is 55.1. The molecule has 0 amide bonds. The smallest absolute Gasteiger partial charge is 0.315 e. The minimum absolute atomic E-state index is 0.119. The highest BCUT2D eigenvalue weighted by Crippen LogP contribution is 2.76. The molecule has 0 radical (unpaired) electrons. The highest BCUT2D eigenvalue weighted by molar-refractivity contribution is 5.79. The van der Waals surface area contributed by atoms with Crippen LogP contribution in [0.4, 0.5) is 0 Å². The molecular formula is C67H108O34. The van der Waals surface area contributed by atoms with E-state index in [4.69, 9.17) is 66.3 Å². The molecule has 7 aliphatic heterocycles. The molecule has 12 rings (SSSR count). The summed E-state index contributed by atoms with van der Waals surface area (Å²) in [5, 5.41) is 210. The SMILES string of the molecule is C[C@@H]1O[C@@H](O[C@H]2[C@H](OC(=O)[C@]34CCC(C)(C)C[C@H]3C3=CC[C@@H]5[C@@]6(C)C[C@H](O)[C@H](O[C@@H]7O[C@H](CO)[C@@H](O)[C@H](O[C@@H]8OC[C@@H](O)[C@H](O)[C@H]8O)[C@H]7O)[C@@](C)(CO)[C@@H]6CC[C@@]5(C)[C@]3(C)CC4)OC[C@H](O)[C@@H]2O)[C@H](O)[C@H](O[C@@H]2OC[C@](O)(CO)[C@H]2O)[C@H]1O[C@@H]1OC[C@@H](O)[C@H](O[C@@H]2OC[C@](O)(CO)[C@H]2O)[C@H]1O.